The molecule has 0 spiro atoms. The van der Waals surface area contributed by atoms with Crippen LogP contribution in [0.5, 0.6) is 0 Å². The van der Waals surface area contributed by atoms with Crippen molar-refractivity contribution in [3.05, 3.63) is 48.8 Å². The topological polar surface area (TPSA) is 56.0 Å². The standard InChI is InChI=1S/C21H25N5O/c27-20(14-26-15-23-18-5-1-2-6-19(18)26)24-10-3-4-17(13-24)21-22-9-11-25(21)12-16-7-8-16/h1-2,5-6,9,11,15-17H,3-4,7-8,10,12-14H2. The maximum Gasteiger partial charge on any atom is 0.242 e. The number of piperidine rings is 1. The van der Waals surface area contributed by atoms with Gasteiger partial charge in [-0.3, -0.25) is 4.79 Å². The second-order valence-corrected chi connectivity index (χ2v) is 7.92. The van der Waals surface area contributed by atoms with Crippen LogP contribution in [0, 0.1) is 5.92 Å². The van der Waals surface area contributed by atoms with Gasteiger partial charge in [0.1, 0.15) is 12.4 Å². The Hall–Kier alpha value is -2.63. The van der Waals surface area contributed by atoms with Gasteiger partial charge in [-0.25, -0.2) is 9.97 Å². The van der Waals surface area contributed by atoms with Crippen molar-refractivity contribution >= 4 is 16.9 Å². The Balaban J connectivity index is 1.29. The molecule has 0 N–H and O–H groups in total. The fourth-order valence-corrected chi connectivity index (χ4v) is 4.21. The molecule has 1 unspecified atom stereocenters. The Morgan fingerprint density at radius 2 is 2.00 bits per heavy atom. The summed E-state index contributed by atoms with van der Waals surface area (Å²) in [4.78, 5) is 24.0. The Morgan fingerprint density at radius 1 is 1.11 bits per heavy atom. The van der Waals surface area contributed by atoms with Crippen molar-refractivity contribution in [3.8, 4) is 0 Å². The van der Waals surface area contributed by atoms with E-state index in [9.17, 15) is 4.79 Å². The van der Waals surface area contributed by atoms with E-state index in [1.165, 1.54) is 12.8 Å². The molecule has 1 atom stereocenters. The number of carbonyl (C=O) groups is 1. The zero-order chi connectivity index (χ0) is 18.2. The van der Waals surface area contributed by atoms with E-state index in [1.54, 1.807) is 6.33 Å². The summed E-state index contributed by atoms with van der Waals surface area (Å²) >= 11 is 0. The van der Waals surface area contributed by atoms with Gasteiger partial charge in [0.25, 0.3) is 0 Å². The second-order valence-electron chi connectivity index (χ2n) is 7.92. The predicted molar refractivity (Wildman–Crippen MR) is 103 cm³/mol. The van der Waals surface area contributed by atoms with Crippen LogP contribution in [-0.4, -0.2) is 43.0 Å². The molecule has 2 aromatic heterocycles. The van der Waals surface area contributed by atoms with E-state index in [1.807, 2.05) is 39.9 Å². The van der Waals surface area contributed by atoms with Gasteiger partial charge in [0.2, 0.25) is 5.91 Å². The number of hydrogen-bond acceptors (Lipinski definition) is 3. The molecule has 1 aromatic carbocycles. The summed E-state index contributed by atoms with van der Waals surface area (Å²) in [5, 5.41) is 0. The molecular formula is C21H25N5O. The minimum atomic E-state index is 0.170. The van der Waals surface area contributed by atoms with E-state index in [0.717, 1.165) is 55.3 Å². The number of benzene rings is 1. The molecule has 5 rings (SSSR count). The Bertz CT molecular complexity index is 954. The van der Waals surface area contributed by atoms with Crippen LogP contribution in [0.2, 0.25) is 0 Å². The monoisotopic (exact) mass is 363 g/mol. The highest BCUT2D eigenvalue weighted by Gasteiger charge is 2.29. The van der Waals surface area contributed by atoms with Gasteiger partial charge < -0.3 is 14.0 Å². The number of hydrogen-bond donors (Lipinski definition) is 0. The Morgan fingerprint density at radius 3 is 2.89 bits per heavy atom. The minimum Gasteiger partial charge on any atom is -0.340 e. The first-order valence-electron chi connectivity index (χ1n) is 9.96. The molecule has 3 heterocycles. The number of rotatable bonds is 5. The highest BCUT2D eigenvalue weighted by atomic mass is 16.2. The summed E-state index contributed by atoms with van der Waals surface area (Å²) in [5.41, 5.74) is 1.95. The lowest BCUT2D eigenvalue weighted by atomic mass is 9.97. The van der Waals surface area contributed by atoms with Crippen molar-refractivity contribution in [1.29, 1.82) is 0 Å². The van der Waals surface area contributed by atoms with Crippen LogP contribution >= 0.6 is 0 Å². The first kappa shape index (κ1) is 16.5. The third-order valence-electron chi connectivity index (χ3n) is 5.87. The lowest BCUT2D eigenvalue weighted by molar-refractivity contribution is -0.133. The average molecular weight is 363 g/mol. The van der Waals surface area contributed by atoms with E-state index in [4.69, 9.17) is 0 Å². The van der Waals surface area contributed by atoms with E-state index in [-0.39, 0.29) is 5.91 Å². The first-order valence-corrected chi connectivity index (χ1v) is 9.96. The van der Waals surface area contributed by atoms with Crippen molar-refractivity contribution in [2.75, 3.05) is 13.1 Å². The van der Waals surface area contributed by atoms with Crippen LogP contribution in [0.3, 0.4) is 0 Å². The highest BCUT2D eigenvalue weighted by molar-refractivity contribution is 5.80. The summed E-state index contributed by atoms with van der Waals surface area (Å²) < 4.78 is 4.27. The van der Waals surface area contributed by atoms with Crippen molar-refractivity contribution < 1.29 is 4.79 Å². The molecular weight excluding hydrogens is 338 g/mol. The Labute approximate surface area is 158 Å². The van der Waals surface area contributed by atoms with Crippen molar-refractivity contribution in [2.45, 2.75) is 44.7 Å². The molecule has 6 nitrogen and oxygen atoms in total. The second kappa shape index (κ2) is 6.83. The van der Waals surface area contributed by atoms with Crippen LogP contribution < -0.4 is 0 Å². The van der Waals surface area contributed by atoms with Gasteiger partial charge in [-0.2, -0.15) is 0 Å². The molecule has 1 amide bonds. The molecule has 3 aromatic rings. The third kappa shape index (κ3) is 3.36. The SMILES string of the molecule is O=C(Cn1cnc2ccccc21)N1CCCC(c2nccn2CC2CC2)C1. The zero-order valence-corrected chi connectivity index (χ0v) is 15.5. The summed E-state index contributed by atoms with van der Waals surface area (Å²) in [6, 6.07) is 7.96. The summed E-state index contributed by atoms with van der Waals surface area (Å²) in [6.07, 6.45) is 10.6. The lowest BCUT2D eigenvalue weighted by Gasteiger charge is -2.33. The third-order valence-corrected chi connectivity index (χ3v) is 5.87. The lowest BCUT2D eigenvalue weighted by Crippen LogP contribution is -2.41. The quantitative estimate of drug-likeness (QED) is 0.700. The number of amides is 1. The van der Waals surface area contributed by atoms with Crippen LogP contribution in [0.1, 0.15) is 37.4 Å². The van der Waals surface area contributed by atoms with E-state index >= 15 is 0 Å². The molecule has 0 bridgehead atoms. The average Bonchev–Trinajstić information content (AvgIpc) is 3.24. The van der Waals surface area contributed by atoms with Crippen LogP contribution in [-0.2, 0) is 17.9 Å². The first-order chi connectivity index (χ1) is 13.3. The molecule has 0 radical (unpaired) electrons. The zero-order valence-electron chi connectivity index (χ0n) is 15.5. The molecule has 1 saturated heterocycles. The van der Waals surface area contributed by atoms with Gasteiger partial charge in [0.05, 0.1) is 17.4 Å². The van der Waals surface area contributed by atoms with Crippen molar-refractivity contribution in [3.63, 3.8) is 0 Å². The van der Waals surface area contributed by atoms with Gasteiger partial charge >= 0.3 is 0 Å². The highest BCUT2D eigenvalue weighted by Crippen LogP contribution is 2.33. The van der Waals surface area contributed by atoms with Crippen molar-refractivity contribution in [1.82, 2.24) is 24.0 Å². The molecule has 140 valence electrons. The molecule has 1 aliphatic carbocycles. The van der Waals surface area contributed by atoms with Crippen LogP contribution in [0.15, 0.2) is 43.0 Å². The summed E-state index contributed by atoms with van der Waals surface area (Å²) in [6.45, 7) is 3.04. The van der Waals surface area contributed by atoms with Gasteiger partial charge in [-0.05, 0) is 43.7 Å². The molecule has 1 saturated carbocycles. The number of aromatic nitrogens is 4. The molecule has 2 fully saturated rings. The number of imidazole rings is 2. The summed E-state index contributed by atoms with van der Waals surface area (Å²) in [5.74, 6) is 2.50. The number of fused-ring (bicyclic) bond motifs is 1. The fourth-order valence-electron chi connectivity index (χ4n) is 4.21. The van der Waals surface area contributed by atoms with E-state index in [2.05, 4.69) is 20.7 Å². The largest absolute Gasteiger partial charge is 0.340 e. The predicted octanol–water partition coefficient (Wildman–Crippen LogP) is 3.05. The van der Waals surface area contributed by atoms with Gasteiger partial charge in [0.15, 0.2) is 0 Å². The maximum absolute atomic E-state index is 12.9. The minimum absolute atomic E-state index is 0.170. The van der Waals surface area contributed by atoms with Gasteiger partial charge in [-0.15, -0.1) is 0 Å². The number of carbonyl (C=O) groups excluding carboxylic acids is 1. The Kier molecular flexibility index (Phi) is 4.19. The normalized spacial score (nSPS) is 20.3. The van der Waals surface area contributed by atoms with Crippen LogP contribution in [0.4, 0.5) is 0 Å². The summed E-state index contributed by atoms with van der Waals surface area (Å²) in [7, 11) is 0. The van der Waals surface area contributed by atoms with Crippen molar-refractivity contribution in [2.24, 2.45) is 5.92 Å². The van der Waals surface area contributed by atoms with E-state index in [0.29, 0.717) is 12.5 Å². The molecule has 27 heavy (non-hydrogen) atoms. The molecule has 2 aliphatic rings. The number of likely N-dealkylation sites (tertiary alicyclic amines) is 1. The number of nitrogens with zero attached hydrogens (tertiary/aromatic N) is 5. The van der Waals surface area contributed by atoms with Gasteiger partial charge in [0, 0.05) is 37.9 Å². The smallest absolute Gasteiger partial charge is 0.242 e. The molecule has 1 aliphatic heterocycles. The molecule has 6 heteroatoms. The maximum atomic E-state index is 12.9. The van der Waals surface area contributed by atoms with E-state index < -0.39 is 0 Å². The van der Waals surface area contributed by atoms with Gasteiger partial charge in [-0.1, -0.05) is 12.1 Å². The fraction of sp³-hybridized carbons (Fsp3) is 0.476. The number of para-hydroxylation sites is 2. The van der Waals surface area contributed by atoms with Crippen LogP contribution in [0.25, 0.3) is 11.0 Å².